The molecule has 0 aromatic rings. The maximum Gasteiger partial charge on any atom is 0.307 e. The lowest BCUT2D eigenvalue weighted by Gasteiger charge is -2.32. The van der Waals surface area contributed by atoms with Crippen LogP contribution in [0.5, 0.6) is 0 Å². The number of nitrogens with two attached hydrogens (primary N) is 1. The van der Waals surface area contributed by atoms with E-state index in [0.717, 1.165) is 6.54 Å². The molecule has 0 bridgehead atoms. The largest absolute Gasteiger partial charge is 0.466 e. The number of hydrogen-bond acceptors (Lipinski definition) is 4. The predicted molar refractivity (Wildman–Crippen MR) is 66.2 cm³/mol. The summed E-state index contributed by atoms with van der Waals surface area (Å²) >= 11 is 0. The van der Waals surface area contributed by atoms with Crippen LogP contribution in [0.4, 0.5) is 0 Å². The molecule has 0 radical (unpaired) electrons. The Kier molecular flexibility index (Phi) is 6.60. The van der Waals surface area contributed by atoms with Crippen molar-refractivity contribution in [2.45, 2.75) is 40.2 Å². The molecule has 1 atom stereocenters. The molecule has 0 heterocycles. The van der Waals surface area contributed by atoms with E-state index < -0.39 is 0 Å². The molecule has 0 spiro atoms. The smallest absolute Gasteiger partial charge is 0.307 e. The number of rotatable bonds is 7. The predicted octanol–water partition coefficient (Wildman–Crippen LogP) is 1.24. The molecule has 0 rings (SSSR count). The van der Waals surface area contributed by atoms with Gasteiger partial charge in [-0.3, -0.25) is 4.79 Å². The standard InChI is InChI=1S/C12H26N2O2/c1-6-16-11(15)7-10(2)14(5)9-12(3,4)8-13/h10H,6-9,13H2,1-5H3. The lowest BCUT2D eigenvalue weighted by molar-refractivity contribution is -0.144. The van der Waals surface area contributed by atoms with Crippen LogP contribution >= 0.6 is 0 Å². The summed E-state index contributed by atoms with van der Waals surface area (Å²) in [4.78, 5) is 13.5. The van der Waals surface area contributed by atoms with E-state index in [-0.39, 0.29) is 17.4 Å². The minimum atomic E-state index is -0.132. The fourth-order valence-corrected chi connectivity index (χ4v) is 1.51. The van der Waals surface area contributed by atoms with Gasteiger partial charge in [0.25, 0.3) is 0 Å². The Morgan fingerprint density at radius 3 is 2.50 bits per heavy atom. The fourth-order valence-electron chi connectivity index (χ4n) is 1.51. The quantitative estimate of drug-likeness (QED) is 0.669. The van der Waals surface area contributed by atoms with E-state index in [9.17, 15) is 4.79 Å². The molecule has 0 saturated carbocycles. The van der Waals surface area contributed by atoms with Crippen LogP contribution in [0.25, 0.3) is 0 Å². The van der Waals surface area contributed by atoms with Crippen LogP contribution in [0.1, 0.15) is 34.1 Å². The topological polar surface area (TPSA) is 55.6 Å². The Bertz CT molecular complexity index is 217. The van der Waals surface area contributed by atoms with Gasteiger partial charge in [0.15, 0.2) is 0 Å². The van der Waals surface area contributed by atoms with Crippen molar-refractivity contribution in [2.24, 2.45) is 11.1 Å². The number of carbonyl (C=O) groups is 1. The van der Waals surface area contributed by atoms with Gasteiger partial charge >= 0.3 is 5.97 Å². The van der Waals surface area contributed by atoms with Gasteiger partial charge in [-0.15, -0.1) is 0 Å². The van der Waals surface area contributed by atoms with E-state index in [0.29, 0.717) is 19.6 Å². The first-order valence-corrected chi connectivity index (χ1v) is 5.88. The monoisotopic (exact) mass is 230 g/mol. The molecular weight excluding hydrogens is 204 g/mol. The summed E-state index contributed by atoms with van der Waals surface area (Å²) in [6.45, 7) is 10.1. The Morgan fingerprint density at radius 2 is 2.06 bits per heavy atom. The minimum absolute atomic E-state index is 0.0810. The van der Waals surface area contributed by atoms with Crippen LogP contribution in [0, 0.1) is 5.41 Å². The van der Waals surface area contributed by atoms with E-state index in [2.05, 4.69) is 18.7 Å². The molecule has 96 valence electrons. The van der Waals surface area contributed by atoms with Crippen molar-refractivity contribution in [2.75, 3.05) is 26.7 Å². The first kappa shape index (κ1) is 15.4. The first-order valence-electron chi connectivity index (χ1n) is 5.88. The zero-order chi connectivity index (χ0) is 12.8. The van der Waals surface area contributed by atoms with Crippen molar-refractivity contribution < 1.29 is 9.53 Å². The van der Waals surface area contributed by atoms with E-state index >= 15 is 0 Å². The lowest BCUT2D eigenvalue weighted by Crippen LogP contribution is -2.41. The second kappa shape index (κ2) is 6.86. The molecular formula is C12H26N2O2. The highest BCUT2D eigenvalue weighted by atomic mass is 16.5. The van der Waals surface area contributed by atoms with E-state index in [1.54, 1.807) is 0 Å². The SMILES string of the molecule is CCOC(=O)CC(C)N(C)CC(C)(C)CN. The van der Waals surface area contributed by atoms with Crippen molar-refractivity contribution in [1.29, 1.82) is 0 Å². The maximum absolute atomic E-state index is 11.3. The third kappa shape index (κ3) is 6.08. The average Bonchev–Trinajstić information content (AvgIpc) is 2.17. The minimum Gasteiger partial charge on any atom is -0.466 e. The molecule has 0 aliphatic carbocycles. The highest BCUT2D eigenvalue weighted by Crippen LogP contribution is 2.16. The Hall–Kier alpha value is -0.610. The molecule has 1 unspecified atom stereocenters. The van der Waals surface area contributed by atoms with E-state index in [4.69, 9.17) is 10.5 Å². The van der Waals surface area contributed by atoms with Gasteiger partial charge in [-0.05, 0) is 32.9 Å². The summed E-state index contributed by atoms with van der Waals surface area (Å²) < 4.78 is 4.93. The highest BCUT2D eigenvalue weighted by molar-refractivity contribution is 5.69. The Balaban J connectivity index is 4.08. The second-order valence-electron chi connectivity index (χ2n) is 5.14. The third-order valence-corrected chi connectivity index (χ3v) is 2.75. The third-order valence-electron chi connectivity index (χ3n) is 2.75. The maximum atomic E-state index is 11.3. The average molecular weight is 230 g/mol. The molecule has 0 aromatic carbocycles. The highest BCUT2D eigenvalue weighted by Gasteiger charge is 2.22. The van der Waals surface area contributed by atoms with E-state index in [1.165, 1.54) is 0 Å². The lowest BCUT2D eigenvalue weighted by atomic mass is 9.92. The van der Waals surface area contributed by atoms with Gasteiger partial charge in [0.05, 0.1) is 13.0 Å². The second-order valence-corrected chi connectivity index (χ2v) is 5.14. The molecule has 0 aromatic heterocycles. The van der Waals surface area contributed by atoms with Gasteiger partial charge in [0.2, 0.25) is 0 Å². The van der Waals surface area contributed by atoms with Crippen molar-refractivity contribution in [3.05, 3.63) is 0 Å². The van der Waals surface area contributed by atoms with Crippen molar-refractivity contribution >= 4 is 5.97 Å². The normalized spacial score (nSPS) is 13.9. The summed E-state index contributed by atoms with van der Waals surface area (Å²) in [7, 11) is 2.02. The van der Waals surface area contributed by atoms with Crippen LogP contribution in [-0.2, 0) is 9.53 Å². The number of hydrogen-bond donors (Lipinski definition) is 1. The number of ether oxygens (including phenoxy) is 1. The van der Waals surface area contributed by atoms with Crippen molar-refractivity contribution in [3.63, 3.8) is 0 Å². The van der Waals surface area contributed by atoms with Crippen molar-refractivity contribution in [3.8, 4) is 0 Å². The van der Waals surface area contributed by atoms with Crippen molar-refractivity contribution in [1.82, 2.24) is 4.90 Å². The summed E-state index contributed by atoms with van der Waals surface area (Å²) in [6, 6.07) is 0.185. The molecule has 4 nitrogen and oxygen atoms in total. The van der Waals surface area contributed by atoms with Gasteiger partial charge < -0.3 is 15.4 Å². The van der Waals surface area contributed by atoms with Crippen LogP contribution < -0.4 is 5.73 Å². The fraction of sp³-hybridized carbons (Fsp3) is 0.917. The molecule has 2 N–H and O–H groups in total. The van der Waals surface area contributed by atoms with Gasteiger partial charge in [-0.25, -0.2) is 0 Å². The molecule has 0 fully saturated rings. The van der Waals surface area contributed by atoms with Gasteiger partial charge in [-0.2, -0.15) is 0 Å². The molecule has 0 saturated heterocycles. The molecule has 16 heavy (non-hydrogen) atoms. The summed E-state index contributed by atoms with van der Waals surface area (Å²) in [5.74, 6) is -0.132. The zero-order valence-electron chi connectivity index (χ0n) is 11.2. The van der Waals surface area contributed by atoms with Crippen LogP contribution in [0.15, 0.2) is 0 Å². The summed E-state index contributed by atoms with van der Waals surface area (Å²) in [5, 5.41) is 0. The molecule has 0 amide bonds. The van der Waals surface area contributed by atoms with Crippen LogP contribution in [0.3, 0.4) is 0 Å². The van der Waals surface area contributed by atoms with Crippen LogP contribution in [-0.4, -0.2) is 43.7 Å². The number of carbonyl (C=O) groups excluding carboxylic acids is 1. The molecule has 0 aliphatic rings. The molecule has 0 aliphatic heterocycles. The Labute approximate surface area is 99.1 Å². The van der Waals surface area contributed by atoms with Gasteiger partial charge in [0.1, 0.15) is 0 Å². The van der Waals surface area contributed by atoms with Crippen LogP contribution in [0.2, 0.25) is 0 Å². The summed E-state index contributed by atoms with van der Waals surface area (Å²) in [5.41, 5.74) is 5.77. The zero-order valence-corrected chi connectivity index (χ0v) is 11.2. The van der Waals surface area contributed by atoms with Gasteiger partial charge in [0, 0.05) is 12.6 Å². The number of nitrogens with zero attached hydrogens (tertiary/aromatic N) is 1. The van der Waals surface area contributed by atoms with E-state index in [1.807, 2.05) is 20.9 Å². The van der Waals surface area contributed by atoms with Gasteiger partial charge in [-0.1, -0.05) is 13.8 Å². The Morgan fingerprint density at radius 1 is 1.50 bits per heavy atom. The molecule has 4 heteroatoms. The first-order chi connectivity index (χ1) is 7.32. The number of esters is 1. The summed E-state index contributed by atoms with van der Waals surface area (Å²) in [6.07, 6.45) is 0.436.